The molecule has 1 fully saturated rings. The molecule has 11 heavy (non-hydrogen) atoms. The SMILES string of the molecule is CNC(=O)C1CN(C)NC1C. The molecule has 0 aromatic heterocycles. The van der Waals surface area contributed by atoms with Crippen molar-refractivity contribution in [2.75, 3.05) is 20.6 Å². The summed E-state index contributed by atoms with van der Waals surface area (Å²) in [6, 6.07) is 0.250. The Bertz CT molecular complexity index is 160. The molecule has 0 bridgehead atoms. The first kappa shape index (κ1) is 8.49. The number of hydrazine groups is 1. The summed E-state index contributed by atoms with van der Waals surface area (Å²) in [5, 5.41) is 4.60. The van der Waals surface area contributed by atoms with Crippen molar-refractivity contribution in [3.63, 3.8) is 0 Å². The van der Waals surface area contributed by atoms with E-state index in [0.29, 0.717) is 0 Å². The molecule has 64 valence electrons. The van der Waals surface area contributed by atoms with Gasteiger partial charge in [0.15, 0.2) is 0 Å². The van der Waals surface area contributed by atoms with E-state index >= 15 is 0 Å². The molecule has 1 amide bonds. The van der Waals surface area contributed by atoms with Crippen LogP contribution in [0.5, 0.6) is 0 Å². The Morgan fingerprint density at radius 2 is 2.36 bits per heavy atom. The lowest BCUT2D eigenvalue weighted by Gasteiger charge is -2.10. The van der Waals surface area contributed by atoms with Gasteiger partial charge in [-0.1, -0.05) is 0 Å². The largest absolute Gasteiger partial charge is 0.359 e. The number of carbonyl (C=O) groups is 1. The average molecular weight is 157 g/mol. The zero-order valence-corrected chi connectivity index (χ0v) is 7.22. The summed E-state index contributed by atoms with van der Waals surface area (Å²) in [7, 11) is 3.62. The molecule has 1 rings (SSSR count). The van der Waals surface area contributed by atoms with Gasteiger partial charge in [-0.05, 0) is 6.92 Å². The van der Waals surface area contributed by atoms with E-state index in [0.717, 1.165) is 6.54 Å². The third-order valence-corrected chi connectivity index (χ3v) is 2.08. The van der Waals surface area contributed by atoms with Gasteiger partial charge in [-0.15, -0.1) is 0 Å². The van der Waals surface area contributed by atoms with Gasteiger partial charge in [0.05, 0.1) is 5.92 Å². The lowest BCUT2D eigenvalue weighted by atomic mass is 10.0. The molecule has 4 heteroatoms. The Morgan fingerprint density at radius 3 is 2.73 bits per heavy atom. The van der Waals surface area contributed by atoms with Crippen LogP contribution in [0.3, 0.4) is 0 Å². The highest BCUT2D eigenvalue weighted by atomic mass is 16.2. The first-order chi connectivity index (χ1) is 5.15. The maximum Gasteiger partial charge on any atom is 0.225 e. The van der Waals surface area contributed by atoms with Gasteiger partial charge < -0.3 is 5.32 Å². The molecule has 1 saturated heterocycles. The van der Waals surface area contributed by atoms with Gasteiger partial charge in [0.2, 0.25) is 5.91 Å². The number of carbonyl (C=O) groups excluding carboxylic acids is 1. The Hall–Kier alpha value is -0.610. The van der Waals surface area contributed by atoms with E-state index in [-0.39, 0.29) is 17.9 Å². The van der Waals surface area contributed by atoms with Crippen LogP contribution in [0.15, 0.2) is 0 Å². The van der Waals surface area contributed by atoms with Crippen LogP contribution >= 0.6 is 0 Å². The number of hydrogen-bond donors (Lipinski definition) is 2. The Balaban J connectivity index is 2.52. The van der Waals surface area contributed by atoms with Gasteiger partial charge in [-0.3, -0.25) is 10.2 Å². The molecule has 0 aromatic carbocycles. The van der Waals surface area contributed by atoms with Gasteiger partial charge in [0, 0.05) is 26.7 Å². The molecule has 0 radical (unpaired) electrons. The number of rotatable bonds is 1. The monoisotopic (exact) mass is 157 g/mol. The van der Waals surface area contributed by atoms with Crippen LogP contribution in [0.25, 0.3) is 0 Å². The van der Waals surface area contributed by atoms with Crippen LogP contribution in [0.1, 0.15) is 6.92 Å². The van der Waals surface area contributed by atoms with Crippen molar-refractivity contribution >= 4 is 5.91 Å². The Kier molecular flexibility index (Phi) is 2.46. The Morgan fingerprint density at radius 1 is 1.73 bits per heavy atom. The number of amides is 1. The summed E-state index contributed by atoms with van der Waals surface area (Å²) >= 11 is 0. The minimum absolute atomic E-state index is 0.0880. The third kappa shape index (κ3) is 1.70. The van der Waals surface area contributed by atoms with E-state index in [1.54, 1.807) is 7.05 Å². The summed E-state index contributed by atoms with van der Waals surface area (Å²) < 4.78 is 0. The summed E-state index contributed by atoms with van der Waals surface area (Å²) in [5.41, 5.74) is 3.15. The van der Waals surface area contributed by atoms with Crippen molar-refractivity contribution in [2.45, 2.75) is 13.0 Å². The van der Waals surface area contributed by atoms with E-state index in [9.17, 15) is 4.79 Å². The fraction of sp³-hybridized carbons (Fsp3) is 0.857. The highest BCUT2D eigenvalue weighted by molar-refractivity contribution is 5.79. The number of nitrogens with one attached hydrogen (secondary N) is 2. The standard InChI is InChI=1S/C7H15N3O/c1-5-6(7(11)8-2)4-10(3)9-5/h5-6,9H,4H2,1-3H3,(H,8,11). The molecule has 0 aliphatic carbocycles. The number of hydrogen-bond acceptors (Lipinski definition) is 3. The smallest absolute Gasteiger partial charge is 0.225 e. The van der Waals surface area contributed by atoms with Gasteiger partial charge in [0.1, 0.15) is 0 Å². The molecule has 1 aliphatic heterocycles. The topological polar surface area (TPSA) is 44.4 Å². The van der Waals surface area contributed by atoms with Crippen molar-refractivity contribution in [3.05, 3.63) is 0 Å². The van der Waals surface area contributed by atoms with Crippen LogP contribution in [0.4, 0.5) is 0 Å². The summed E-state index contributed by atoms with van der Waals surface area (Å²) in [5.74, 6) is 0.208. The quantitative estimate of drug-likeness (QED) is 0.523. The van der Waals surface area contributed by atoms with Crippen molar-refractivity contribution in [3.8, 4) is 0 Å². The minimum Gasteiger partial charge on any atom is -0.359 e. The van der Waals surface area contributed by atoms with Gasteiger partial charge in [-0.2, -0.15) is 0 Å². The fourth-order valence-corrected chi connectivity index (χ4v) is 1.44. The molecule has 2 atom stereocenters. The zero-order chi connectivity index (χ0) is 8.43. The highest BCUT2D eigenvalue weighted by Crippen LogP contribution is 2.11. The molecule has 2 N–H and O–H groups in total. The lowest BCUT2D eigenvalue weighted by molar-refractivity contribution is -0.124. The molecule has 2 unspecified atom stereocenters. The van der Waals surface area contributed by atoms with E-state index in [1.807, 2.05) is 19.0 Å². The minimum atomic E-state index is 0.0880. The highest BCUT2D eigenvalue weighted by Gasteiger charge is 2.31. The predicted octanol–water partition coefficient (Wildman–Crippen LogP) is -0.813. The summed E-state index contributed by atoms with van der Waals surface area (Å²) in [4.78, 5) is 11.2. The average Bonchev–Trinajstić information content (AvgIpc) is 2.28. The maximum absolute atomic E-state index is 11.2. The molecule has 1 heterocycles. The van der Waals surface area contributed by atoms with Gasteiger partial charge in [0.25, 0.3) is 0 Å². The molecule has 0 spiro atoms. The second-order valence-electron chi connectivity index (χ2n) is 3.02. The number of nitrogens with zero attached hydrogens (tertiary/aromatic N) is 1. The molecule has 4 nitrogen and oxygen atoms in total. The van der Waals surface area contributed by atoms with Gasteiger partial charge >= 0.3 is 0 Å². The molecule has 0 saturated carbocycles. The van der Waals surface area contributed by atoms with E-state index in [1.165, 1.54) is 0 Å². The van der Waals surface area contributed by atoms with Crippen LogP contribution in [0.2, 0.25) is 0 Å². The van der Waals surface area contributed by atoms with Crippen molar-refractivity contribution in [1.29, 1.82) is 0 Å². The molecular weight excluding hydrogens is 142 g/mol. The van der Waals surface area contributed by atoms with Crippen LogP contribution in [-0.2, 0) is 4.79 Å². The predicted molar refractivity (Wildman–Crippen MR) is 42.8 cm³/mol. The zero-order valence-electron chi connectivity index (χ0n) is 7.22. The summed E-state index contributed by atoms with van der Waals surface area (Å²) in [6.45, 7) is 2.81. The first-order valence-electron chi connectivity index (χ1n) is 3.84. The van der Waals surface area contributed by atoms with Crippen LogP contribution in [-0.4, -0.2) is 37.6 Å². The first-order valence-corrected chi connectivity index (χ1v) is 3.84. The van der Waals surface area contributed by atoms with E-state index in [4.69, 9.17) is 0 Å². The summed E-state index contributed by atoms with van der Waals surface area (Å²) in [6.07, 6.45) is 0. The van der Waals surface area contributed by atoms with Gasteiger partial charge in [-0.25, -0.2) is 5.01 Å². The molecule has 0 aromatic rings. The lowest BCUT2D eigenvalue weighted by Crippen LogP contribution is -2.36. The Labute approximate surface area is 66.9 Å². The van der Waals surface area contributed by atoms with Crippen LogP contribution < -0.4 is 10.7 Å². The van der Waals surface area contributed by atoms with Crippen molar-refractivity contribution in [2.24, 2.45) is 5.92 Å². The third-order valence-electron chi connectivity index (χ3n) is 2.08. The second-order valence-corrected chi connectivity index (χ2v) is 3.02. The van der Waals surface area contributed by atoms with E-state index < -0.39 is 0 Å². The van der Waals surface area contributed by atoms with E-state index in [2.05, 4.69) is 10.7 Å². The fourth-order valence-electron chi connectivity index (χ4n) is 1.44. The van der Waals surface area contributed by atoms with Crippen molar-refractivity contribution < 1.29 is 4.79 Å². The molecular formula is C7H15N3O. The maximum atomic E-state index is 11.2. The van der Waals surface area contributed by atoms with Crippen molar-refractivity contribution in [1.82, 2.24) is 15.8 Å². The molecule has 1 aliphatic rings. The van der Waals surface area contributed by atoms with Crippen LogP contribution in [0, 0.1) is 5.92 Å². The second kappa shape index (κ2) is 3.19. The normalized spacial score (nSPS) is 32.3.